The van der Waals surface area contributed by atoms with E-state index in [1.165, 1.54) is 36.4 Å². The largest absolute Gasteiger partial charge is 0.369 e. The molecular formula is C20H24N12O6S2. The number of guanidine groups is 4. The second-order valence-corrected chi connectivity index (χ2v) is 11.3. The molecule has 0 bridgehead atoms. The molecule has 2 aliphatic heterocycles. The van der Waals surface area contributed by atoms with Gasteiger partial charge in [0.05, 0.1) is 0 Å². The Morgan fingerprint density at radius 1 is 0.625 bits per heavy atom. The Kier molecular flexibility index (Phi) is 6.78. The van der Waals surface area contributed by atoms with Crippen molar-refractivity contribution in [3.8, 4) is 0 Å². The zero-order valence-corrected chi connectivity index (χ0v) is 21.8. The second-order valence-electron chi connectivity index (χ2n) is 8.48. The summed E-state index contributed by atoms with van der Waals surface area (Å²) in [4.78, 5) is 14.5. The smallest absolute Gasteiger partial charge is 0.295 e. The van der Waals surface area contributed by atoms with E-state index in [-0.39, 0.29) is 46.1 Å². The van der Waals surface area contributed by atoms with Gasteiger partial charge in [0.25, 0.3) is 20.2 Å². The SMILES string of the molecule is NC1=NC(N)(c2ccc(/C=C/c3ccc(C4(N)N=C(N)NC(N)=N4)cc3S(=O)(=O)O)c(S(=O)(=O)O)c2)N=C(N)N1. The summed E-state index contributed by atoms with van der Waals surface area (Å²) >= 11 is 0. The van der Waals surface area contributed by atoms with Crippen molar-refractivity contribution in [2.75, 3.05) is 0 Å². The number of nitrogens with one attached hydrogen (secondary N) is 2. The van der Waals surface area contributed by atoms with Gasteiger partial charge in [-0.3, -0.25) is 31.2 Å². The maximum Gasteiger partial charge on any atom is 0.295 e. The number of nitrogens with zero attached hydrogens (tertiary/aromatic N) is 4. The molecule has 0 radical (unpaired) electrons. The minimum atomic E-state index is -4.86. The summed E-state index contributed by atoms with van der Waals surface area (Å²) in [5.74, 6) is -4.53. The van der Waals surface area contributed by atoms with Crippen LogP contribution in [-0.4, -0.2) is 49.8 Å². The molecule has 2 aromatic carbocycles. The Labute approximate surface area is 227 Å². The van der Waals surface area contributed by atoms with Crippen molar-refractivity contribution in [2.24, 2.45) is 54.4 Å². The summed E-state index contributed by atoms with van der Waals surface area (Å²) in [6.07, 6.45) is 2.35. The molecule has 212 valence electrons. The van der Waals surface area contributed by atoms with Crippen LogP contribution in [0.15, 0.2) is 66.2 Å². The minimum Gasteiger partial charge on any atom is -0.369 e. The molecule has 0 amide bonds. The first kappa shape index (κ1) is 28.4. The van der Waals surface area contributed by atoms with Crippen molar-refractivity contribution < 1.29 is 25.9 Å². The molecule has 2 aromatic rings. The van der Waals surface area contributed by atoms with E-state index in [1.807, 2.05) is 0 Å². The number of hydrogen-bond donors (Lipinski definition) is 10. The third-order valence-corrected chi connectivity index (χ3v) is 7.37. The highest BCUT2D eigenvalue weighted by atomic mass is 32.2. The third kappa shape index (κ3) is 5.70. The van der Waals surface area contributed by atoms with Gasteiger partial charge in [0.2, 0.25) is 11.6 Å². The van der Waals surface area contributed by atoms with E-state index in [1.54, 1.807) is 0 Å². The maximum atomic E-state index is 12.2. The summed E-state index contributed by atoms with van der Waals surface area (Å²) in [7, 11) is -9.71. The van der Waals surface area contributed by atoms with Gasteiger partial charge in [-0.25, -0.2) is 20.0 Å². The molecule has 20 heteroatoms. The van der Waals surface area contributed by atoms with Crippen LogP contribution in [-0.2, 0) is 31.8 Å². The van der Waals surface area contributed by atoms with Crippen LogP contribution < -0.4 is 45.0 Å². The van der Waals surface area contributed by atoms with Crippen LogP contribution in [0.3, 0.4) is 0 Å². The molecule has 0 fully saturated rings. The predicted molar refractivity (Wildman–Crippen MR) is 146 cm³/mol. The molecule has 0 saturated heterocycles. The molecule has 0 saturated carbocycles. The molecule has 16 N–H and O–H groups in total. The van der Waals surface area contributed by atoms with Crippen molar-refractivity contribution in [1.29, 1.82) is 0 Å². The lowest BCUT2D eigenvalue weighted by atomic mass is 10.0. The lowest BCUT2D eigenvalue weighted by Crippen LogP contribution is -2.51. The van der Waals surface area contributed by atoms with E-state index in [2.05, 4.69) is 30.6 Å². The van der Waals surface area contributed by atoms with Gasteiger partial charge >= 0.3 is 0 Å². The zero-order valence-electron chi connectivity index (χ0n) is 20.2. The monoisotopic (exact) mass is 592 g/mol. The summed E-state index contributed by atoms with van der Waals surface area (Å²) < 4.78 is 68.6. The summed E-state index contributed by atoms with van der Waals surface area (Å²) in [6, 6.07) is 7.20. The first-order valence-corrected chi connectivity index (χ1v) is 13.7. The van der Waals surface area contributed by atoms with Crippen LogP contribution in [0.1, 0.15) is 22.3 Å². The Bertz CT molecular complexity index is 1610. The topological polar surface area (TPSA) is 338 Å². The average Bonchev–Trinajstić information content (AvgIpc) is 2.79. The van der Waals surface area contributed by atoms with Crippen molar-refractivity contribution in [2.45, 2.75) is 21.4 Å². The molecule has 0 aliphatic carbocycles. The van der Waals surface area contributed by atoms with E-state index in [0.29, 0.717) is 0 Å². The Morgan fingerprint density at radius 3 is 1.20 bits per heavy atom. The Hall–Kier alpha value is -4.60. The zero-order chi connectivity index (χ0) is 29.7. The van der Waals surface area contributed by atoms with Crippen molar-refractivity contribution in [1.82, 2.24) is 10.6 Å². The molecular weight excluding hydrogens is 568 g/mol. The fourth-order valence-electron chi connectivity index (χ4n) is 3.85. The van der Waals surface area contributed by atoms with Crippen LogP contribution in [0.5, 0.6) is 0 Å². The van der Waals surface area contributed by atoms with E-state index in [4.69, 9.17) is 34.4 Å². The quantitative estimate of drug-likeness (QED) is 0.118. The van der Waals surface area contributed by atoms with Crippen LogP contribution in [0.25, 0.3) is 12.2 Å². The van der Waals surface area contributed by atoms with E-state index < -0.39 is 41.6 Å². The van der Waals surface area contributed by atoms with E-state index in [9.17, 15) is 25.9 Å². The Morgan fingerprint density at radius 2 is 0.925 bits per heavy atom. The fourth-order valence-corrected chi connectivity index (χ4v) is 5.26. The minimum absolute atomic E-state index is 0.00234. The first-order valence-electron chi connectivity index (χ1n) is 10.8. The van der Waals surface area contributed by atoms with Crippen LogP contribution >= 0.6 is 0 Å². The lowest BCUT2D eigenvalue weighted by Gasteiger charge is -2.27. The second kappa shape index (κ2) is 9.55. The van der Waals surface area contributed by atoms with Gasteiger partial charge in [-0.05, 0) is 23.3 Å². The molecule has 0 unspecified atom stereocenters. The number of aliphatic imine (C=N–C) groups is 4. The normalized spacial score (nSPS) is 18.6. The third-order valence-electron chi connectivity index (χ3n) is 5.55. The molecule has 2 aliphatic rings. The highest BCUT2D eigenvalue weighted by Crippen LogP contribution is 2.31. The maximum absolute atomic E-state index is 12.2. The van der Waals surface area contributed by atoms with Gasteiger partial charge < -0.3 is 22.9 Å². The number of rotatable bonds is 6. The van der Waals surface area contributed by atoms with Gasteiger partial charge in [0, 0.05) is 11.1 Å². The average molecular weight is 593 g/mol. The highest BCUT2D eigenvalue weighted by Gasteiger charge is 2.33. The summed E-state index contributed by atoms with van der Waals surface area (Å²) in [6.45, 7) is 0. The first-order chi connectivity index (χ1) is 18.4. The molecule has 18 nitrogen and oxygen atoms in total. The van der Waals surface area contributed by atoms with Gasteiger partial charge in [0.1, 0.15) is 9.79 Å². The van der Waals surface area contributed by atoms with Crippen LogP contribution in [0.4, 0.5) is 0 Å². The van der Waals surface area contributed by atoms with Crippen molar-refractivity contribution in [3.05, 3.63) is 58.7 Å². The molecule has 0 spiro atoms. The number of benzene rings is 2. The number of hydrogen-bond acceptors (Lipinski definition) is 16. The molecule has 40 heavy (non-hydrogen) atoms. The van der Waals surface area contributed by atoms with Crippen molar-refractivity contribution in [3.63, 3.8) is 0 Å². The standard InChI is InChI=1S/C20H24N12O6S2/c21-15-27-16(22)30-19(25,29-15)11-5-3-9(13(7-11)39(33,34)35)1-2-10-4-6-12(8-14(10)40(36,37)38)20(26)31-17(23)28-18(24)32-20/h1-8H,25-26H2,(H,33,34,35)(H,36,37,38)(H5,21,22,27,29,30)(H5,23,24,28,31,32)/b2-1+. The van der Waals surface area contributed by atoms with Crippen molar-refractivity contribution >= 4 is 56.2 Å². The van der Waals surface area contributed by atoms with Gasteiger partial charge in [-0.2, -0.15) is 16.8 Å². The molecule has 0 atom stereocenters. The fraction of sp³-hybridized carbons (Fsp3) is 0.100. The number of nitrogens with two attached hydrogens (primary N) is 6. The molecule has 0 aromatic heterocycles. The summed E-state index contributed by atoms with van der Waals surface area (Å²) in [5, 5.41) is 4.87. The summed E-state index contributed by atoms with van der Waals surface area (Å²) in [5.41, 5.74) is 34.7. The van der Waals surface area contributed by atoms with Gasteiger partial charge in [0.15, 0.2) is 23.8 Å². The van der Waals surface area contributed by atoms with E-state index in [0.717, 1.165) is 12.1 Å². The predicted octanol–water partition coefficient (Wildman–Crippen LogP) is -3.05. The van der Waals surface area contributed by atoms with Crippen LogP contribution in [0, 0.1) is 0 Å². The highest BCUT2D eigenvalue weighted by molar-refractivity contribution is 7.86. The van der Waals surface area contributed by atoms with Gasteiger partial charge in [-0.1, -0.05) is 36.4 Å². The molecule has 4 rings (SSSR count). The van der Waals surface area contributed by atoms with Crippen LogP contribution in [0.2, 0.25) is 0 Å². The Balaban J connectivity index is 1.81. The molecule has 2 heterocycles. The van der Waals surface area contributed by atoms with Gasteiger partial charge in [-0.15, -0.1) is 0 Å². The lowest BCUT2D eigenvalue weighted by molar-refractivity contribution is 0.473. The van der Waals surface area contributed by atoms with E-state index >= 15 is 0 Å².